The predicted octanol–water partition coefficient (Wildman–Crippen LogP) is 1.98. The summed E-state index contributed by atoms with van der Waals surface area (Å²) in [5.41, 5.74) is 2.54. The van der Waals surface area contributed by atoms with Gasteiger partial charge in [0.1, 0.15) is 0 Å². The Morgan fingerprint density at radius 3 is 2.36 bits per heavy atom. The average Bonchev–Trinajstić information content (AvgIpc) is 2.19. The van der Waals surface area contributed by atoms with E-state index in [-0.39, 0.29) is 6.61 Å². The van der Waals surface area contributed by atoms with Crippen molar-refractivity contribution in [2.75, 3.05) is 31.4 Å². The van der Waals surface area contributed by atoms with Gasteiger partial charge in [-0.2, -0.15) is 11.8 Å². The molecular weight excluding hydrogens is 194 g/mol. The molecule has 0 bridgehead atoms. The predicted molar refractivity (Wildman–Crippen MR) is 64.0 cm³/mol. The van der Waals surface area contributed by atoms with Crippen LogP contribution in [0.3, 0.4) is 0 Å². The highest BCUT2D eigenvalue weighted by Gasteiger charge is 1.96. The fourth-order valence-electron chi connectivity index (χ4n) is 1.14. The van der Waals surface area contributed by atoms with Crippen LogP contribution in [-0.4, -0.2) is 31.6 Å². The fourth-order valence-corrected chi connectivity index (χ4v) is 1.85. The fraction of sp³-hybridized carbons (Fsp3) is 0.455. The number of rotatable bonds is 5. The molecule has 0 spiro atoms. The van der Waals surface area contributed by atoms with Crippen LogP contribution in [0.4, 0.5) is 5.69 Å². The molecule has 0 aromatic heterocycles. The Hall–Kier alpha value is -0.670. The van der Waals surface area contributed by atoms with Gasteiger partial charge in [-0.05, 0) is 17.7 Å². The van der Waals surface area contributed by atoms with E-state index in [1.165, 1.54) is 11.3 Å². The second-order valence-electron chi connectivity index (χ2n) is 3.34. The molecule has 0 radical (unpaired) electrons. The lowest BCUT2D eigenvalue weighted by Gasteiger charge is -2.12. The molecule has 0 atom stereocenters. The molecule has 3 heteroatoms. The lowest BCUT2D eigenvalue weighted by Crippen LogP contribution is -2.08. The molecule has 0 saturated heterocycles. The van der Waals surface area contributed by atoms with Gasteiger partial charge >= 0.3 is 0 Å². The summed E-state index contributed by atoms with van der Waals surface area (Å²) in [5, 5.41) is 8.63. The lowest BCUT2D eigenvalue weighted by atomic mass is 10.2. The molecule has 0 unspecified atom stereocenters. The van der Waals surface area contributed by atoms with Crippen LogP contribution < -0.4 is 4.90 Å². The maximum absolute atomic E-state index is 8.63. The molecule has 0 amide bonds. The SMILES string of the molecule is CN(C)c1ccc(CSCCO)cc1. The summed E-state index contributed by atoms with van der Waals surface area (Å²) in [6.07, 6.45) is 0. The Labute approximate surface area is 89.9 Å². The van der Waals surface area contributed by atoms with E-state index in [1.807, 2.05) is 14.1 Å². The zero-order valence-corrected chi connectivity index (χ0v) is 9.55. The number of aliphatic hydroxyl groups is 1. The van der Waals surface area contributed by atoms with Gasteiger partial charge in [0.25, 0.3) is 0 Å². The van der Waals surface area contributed by atoms with Gasteiger partial charge < -0.3 is 10.0 Å². The van der Waals surface area contributed by atoms with Crippen molar-refractivity contribution in [2.24, 2.45) is 0 Å². The number of anilines is 1. The van der Waals surface area contributed by atoms with Crippen molar-refractivity contribution in [1.29, 1.82) is 0 Å². The monoisotopic (exact) mass is 211 g/mol. The van der Waals surface area contributed by atoms with Crippen molar-refractivity contribution >= 4 is 17.4 Å². The third-order valence-corrected chi connectivity index (χ3v) is 2.97. The van der Waals surface area contributed by atoms with E-state index < -0.39 is 0 Å². The molecule has 0 aliphatic heterocycles. The molecule has 1 N–H and O–H groups in total. The van der Waals surface area contributed by atoms with E-state index >= 15 is 0 Å². The lowest BCUT2D eigenvalue weighted by molar-refractivity contribution is 0.322. The average molecular weight is 211 g/mol. The van der Waals surface area contributed by atoms with E-state index in [1.54, 1.807) is 11.8 Å². The van der Waals surface area contributed by atoms with Crippen LogP contribution in [0.2, 0.25) is 0 Å². The highest BCUT2D eigenvalue weighted by Crippen LogP contribution is 2.16. The zero-order chi connectivity index (χ0) is 10.4. The van der Waals surface area contributed by atoms with E-state index in [9.17, 15) is 0 Å². The van der Waals surface area contributed by atoms with Crippen LogP contribution in [0.1, 0.15) is 5.56 Å². The molecule has 1 aromatic carbocycles. The summed E-state index contributed by atoms with van der Waals surface area (Å²) in [7, 11) is 4.07. The van der Waals surface area contributed by atoms with Crippen molar-refractivity contribution < 1.29 is 5.11 Å². The largest absolute Gasteiger partial charge is 0.396 e. The molecule has 0 fully saturated rings. The Morgan fingerprint density at radius 1 is 1.21 bits per heavy atom. The van der Waals surface area contributed by atoms with Crippen molar-refractivity contribution in [3.05, 3.63) is 29.8 Å². The van der Waals surface area contributed by atoms with Crippen LogP contribution in [0.25, 0.3) is 0 Å². The first-order chi connectivity index (χ1) is 6.74. The highest BCUT2D eigenvalue weighted by molar-refractivity contribution is 7.98. The van der Waals surface area contributed by atoms with E-state index in [2.05, 4.69) is 29.2 Å². The van der Waals surface area contributed by atoms with E-state index in [4.69, 9.17) is 5.11 Å². The van der Waals surface area contributed by atoms with Crippen molar-refractivity contribution in [3.63, 3.8) is 0 Å². The maximum atomic E-state index is 8.63. The van der Waals surface area contributed by atoms with Crippen LogP contribution in [0, 0.1) is 0 Å². The zero-order valence-electron chi connectivity index (χ0n) is 8.73. The molecule has 0 saturated carbocycles. The van der Waals surface area contributed by atoms with Gasteiger partial charge in [-0.1, -0.05) is 12.1 Å². The smallest absolute Gasteiger partial charge is 0.0521 e. The van der Waals surface area contributed by atoms with E-state index in [0.29, 0.717) is 0 Å². The molecule has 0 aliphatic carbocycles. The quantitative estimate of drug-likeness (QED) is 0.753. The number of thioether (sulfide) groups is 1. The third kappa shape index (κ3) is 3.60. The summed E-state index contributed by atoms with van der Waals surface area (Å²) in [5.74, 6) is 1.80. The third-order valence-electron chi connectivity index (χ3n) is 1.96. The normalized spacial score (nSPS) is 10.2. The second kappa shape index (κ2) is 5.94. The van der Waals surface area contributed by atoms with Crippen molar-refractivity contribution in [2.45, 2.75) is 5.75 Å². The molecule has 2 nitrogen and oxygen atoms in total. The molecule has 1 aromatic rings. The molecular formula is C11H17NOS. The molecule has 14 heavy (non-hydrogen) atoms. The van der Waals surface area contributed by atoms with Gasteiger partial charge in [0.15, 0.2) is 0 Å². The van der Waals surface area contributed by atoms with Crippen LogP contribution in [0.5, 0.6) is 0 Å². The van der Waals surface area contributed by atoms with Gasteiger partial charge in [0.05, 0.1) is 6.61 Å². The topological polar surface area (TPSA) is 23.5 Å². The minimum absolute atomic E-state index is 0.264. The summed E-state index contributed by atoms with van der Waals surface area (Å²) >= 11 is 1.76. The molecule has 78 valence electrons. The minimum atomic E-state index is 0.264. The Kier molecular flexibility index (Phi) is 4.84. The van der Waals surface area contributed by atoms with Crippen molar-refractivity contribution in [1.82, 2.24) is 0 Å². The first-order valence-corrected chi connectivity index (χ1v) is 5.84. The summed E-state index contributed by atoms with van der Waals surface area (Å²) in [4.78, 5) is 2.09. The number of hydrogen-bond donors (Lipinski definition) is 1. The first-order valence-electron chi connectivity index (χ1n) is 4.69. The van der Waals surface area contributed by atoms with Gasteiger partial charge in [0, 0.05) is 31.3 Å². The van der Waals surface area contributed by atoms with Gasteiger partial charge in [-0.15, -0.1) is 0 Å². The maximum Gasteiger partial charge on any atom is 0.0521 e. The number of benzene rings is 1. The van der Waals surface area contributed by atoms with Gasteiger partial charge in [-0.3, -0.25) is 0 Å². The number of aliphatic hydroxyl groups excluding tert-OH is 1. The van der Waals surface area contributed by atoms with Crippen LogP contribution >= 0.6 is 11.8 Å². The highest BCUT2D eigenvalue weighted by atomic mass is 32.2. The van der Waals surface area contributed by atoms with Gasteiger partial charge in [0.2, 0.25) is 0 Å². The molecule has 0 aliphatic rings. The molecule has 1 rings (SSSR count). The Balaban J connectivity index is 2.47. The van der Waals surface area contributed by atoms with Gasteiger partial charge in [-0.25, -0.2) is 0 Å². The Bertz CT molecular complexity index is 258. The van der Waals surface area contributed by atoms with Crippen LogP contribution in [-0.2, 0) is 5.75 Å². The minimum Gasteiger partial charge on any atom is -0.396 e. The summed E-state index contributed by atoms with van der Waals surface area (Å²) in [6.45, 7) is 0.264. The number of hydrogen-bond acceptors (Lipinski definition) is 3. The van der Waals surface area contributed by atoms with Crippen molar-refractivity contribution in [3.8, 4) is 0 Å². The van der Waals surface area contributed by atoms with E-state index in [0.717, 1.165) is 11.5 Å². The first kappa shape index (κ1) is 11.4. The molecule has 0 heterocycles. The summed E-state index contributed by atoms with van der Waals surface area (Å²) < 4.78 is 0. The standard InChI is InChI=1S/C11H17NOS/c1-12(2)11-5-3-10(4-6-11)9-14-8-7-13/h3-6,13H,7-9H2,1-2H3. The summed E-state index contributed by atoms with van der Waals surface area (Å²) in [6, 6.07) is 8.52. The second-order valence-corrected chi connectivity index (χ2v) is 4.44. The number of nitrogens with zero attached hydrogens (tertiary/aromatic N) is 1. The Morgan fingerprint density at radius 2 is 1.86 bits per heavy atom. The van der Waals surface area contributed by atoms with Crippen LogP contribution in [0.15, 0.2) is 24.3 Å².